The van der Waals surface area contributed by atoms with Crippen LogP contribution in [-0.4, -0.2) is 43.0 Å². The van der Waals surface area contributed by atoms with Crippen molar-refractivity contribution in [3.63, 3.8) is 0 Å². The number of hydrogen-bond acceptors (Lipinski definition) is 5. The summed E-state index contributed by atoms with van der Waals surface area (Å²) in [6.45, 7) is 0.897. The molecule has 5 rings (SSSR count). The van der Waals surface area contributed by atoms with Gasteiger partial charge in [-0.3, -0.25) is 19.4 Å². The highest BCUT2D eigenvalue weighted by Gasteiger charge is 2.38. The first-order valence-electron chi connectivity index (χ1n) is 9.08. The maximum Gasteiger partial charge on any atom is 0.254 e. The summed E-state index contributed by atoms with van der Waals surface area (Å²) >= 11 is 0. The van der Waals surface area contributed by atoms with Gasteiger partial charge in [0, 0.05) is 37.9 Å². The van der Waals surface area contributed by atoms with E-state index in [1.807, 2.05) is 4.57 Å². The Morgan fingerprint density at radius 1 is 1.03 bits per heavy atom. The minimum absolute atomic E-state index is 0.111. The van der Waals surface area contributed by atoms with Gasteiger partial charge in [-0.15, -0.1) is 0 Å². The molecule has 0 radical (unpaired) electrons. The van der Waals surface area contributed by atoms with Crippen LogP contribution in [0, 0.1) is 0 Å². The number of rotatable bonds is 4. The maximum absolute atomic E-state index is 13.2. The van der Waals surface area contributed by atoms with Gasteiger partial charge < -0.3 is 14.3 Å². The maximum atomic E-state index is 13.2. The molecule has 0 spiro atoms. The number of carbonyl (C=O) groups excluding carboxylic acids is 3. The minimum atomic E-state index is -0.399. The van der Waals surface area contributed by atoms with Crippen LogP contribution in [0.5, 0.6) is 0 Å². The Balaban J connectivity index is 1.60. The summed E-state index contributed by atoms with van der Waals surface area (Å²) in [5, 5.41) is 2.84. The zero-order valence-electron chi connectivity index (χ0n) is 15.2. The Hall–Kier alpha value is -4.07. The summed E-state index contributed by atoms with van der Waals surface area (Å²) in [5.74, 6) is -1.14. The van der Waals surface area contributed by atoms with Gasteiger partial charge in [0.15, 0.2) is 5.78 Å². The minimum Gasteiger partial charge on any atom is -0.350 e. The van der Waals surface area contributed by atoms with Crippen molar-refractivity contribution in [1.82, 2.24) is 24.3 Å². The fourth-order valence-electron chi connectivity index (χ4n) is 3.70. The SMILES string of the molecule is O=C1c2cccnc2C(=O)c2c1c(C(=O)NCCn1ccnc1)c1ccccn21. The van der Waals surface area contributed by atoms with Gasteiger partial charge in [0.2, 0.25) is 5.78 Å². The van der Waals surface area contributed by atoms with E-state index in [0.717, 1.165) is 0 Å². The highest BCUT2D eigenvalue weighted by atomic mass is 16.2. The van der Waals surface area contributed by atoms with Crippen LogP contribution in [0.2, 0.25) is 0 Å². The van der Waals surface area contributed by atoms with Gasteiger partial charge >= 0.3 is 0 Å². The lowest BCUT2D eigenvalue weighted by molar-refractivity contribution is 0.0938. The van der Waals surface area contributed by atoms with Crippen LogP contribution in [0.1, 0.15) is 42.5 Å². The zero-order valence-corrected chi connectivity index (χ0v) is 15.2. The Bertz CT molecular complexity index is 1290. The van der Waals surface area contributed by atoms with E-state index in [1.54, 1.807) is 59.7 Å². The quantitative estimate of drug-likeness (QED) is 0.508. The first kappa shape index (κ1) is 17.1. The van der Waals surface area contributed by atoms with E-state index in [9.17, 15) is 14.4 Å². The van der Waals surface area contributed by atoms with Crippen molar-refractivity contribution in [3.8, 4) is 0 Å². The summed E-state index contributed by atoms with van der Waals surface area (Å²) in [7, 11) is 0. The summed E-state index contributed by atoms with van der Waals surface area (Å²) in [6.07, 6.45) is 8.28. The lowest BCUT2D eigenvalue weighted by Gasteiger charge is -2.14. The summed E-state index contributed by atoms with van der Waals surface area (Å²) in [6, 6.07) is 8.41. The number of nitrogens with one attached hydrogen (secondary N) is 1. The molecule has 8 nitrogen and oxygen atoms in total. The second-order valence-electron chi connectivity index (χ2n) is 6.67. The fraction of sp³-hybridized carbons (Fsp3) is 0.0952. The molecule has 29 heavy (non-hydrogen) atoms. The number of aromatic nitrogens is 4. The van der Waals surface area contributed by atoms with Crippen molar-refractivity contribution in [1.29, 1.82) is 0 Å². The van der Waals surface area contributed by atoms with E-state index in [1.165, 1.54) is 6.20 Å². The topological polar surface area (TPSA) is 98.4 Å². The molecule has 1 aliphatic rings. The van der Waals surface area contributed by atoms with Crippen molar-refractivity contribution >= 4 is 23.0 Å². The van der Waals surface area contributed by atoms with E-state index >= 15 is 0 Å². The Morgan fingerprint density at radius 2 is 1.93 bits per heavy atom. The molecule has 0 saturated carbocycles. The predicted molar refractivity (Wildman–Crippen MR) is 103 cm³/mol. The van der Waals surface area contributed by atoms with Gasteiger partial charge in [-0.05, 0) is 24.3 Å². The van der Waals surface area contributed by atoms with Crippen molar-refractivity contribution in [2.24, 2.45) is 0 Å². The number of ketones is 2. The lowest BCUT2D eigenvalue weighted by Crippen LogP contribution is -2.30. The number of amides is 1. The van der Waals surface area contributed by atoms with Crippen LogP contribution in [0.3, 0.4) is 0 Å². The molecule has 0 aromatic carbocycles. The Kier molecular flexibility index (Phi) is 3.83. The third kappa shape index (κ3) is 2.57. The van der Waals surface area contributed by atoms with Gasteiger partial charge in [-0.1, -0.05) is 6.07 Å². The molecular formula is C21H15N5O3. The number of hydrogen-bond donors (Lipinski definition) is 1. The van der Waals surface area contributed by atoms with Gasteiger partial charge in [0.25, 0.3) is 5.91 Å². The summed E-state index contributed by atoms with van der Waals surface area (Å²) < 4.78 is 3.43. The number of nitrogens with zero attached hydrogens (tertiary/aromatic N) is 4. The second-order valence-corrected chi connectivity index (χ2v) is 6.67. The molecule has 4 heterocycles. The van der Waals surface area contributed by atoms with E-state index in [4.69, 9.17) is 0 Å². The van der Waals surface area contributed by atoms with Gasteiger partial charge in [0.1, 0.15) is 11.4 Å². The molecule has 1 amide bonds. The number of fused-ring (bicyclic) bond motifs is 4. The molecular weight excluding hydrogens is 370 g/mol. The van der Waals surface area contributed by atoms with Crippen molar-refractivity contribution in [2.75, 3.05) is 6.54 Å². The van der Waals surface area contributed by atoms with E-state index < -0.39 is 5.91 Å². The van der Waals surface area contributed by atoms with Gasteiger partial charge in [-0.2, -0.15) is 0 Å². The average Bonchev–Trinajstić information content (AvgIpc) is 3.38. The third-order valence-electron chi connectivity index (χ3n) is 5.00. The standard InChI is InChI=1S/C21H15N5O3/c27-19-13-4-3-6-23-17(13)20(28)18-16(19)15(14-5-1-2-9-26(14)18)21(29)24-8-11-25-10-7-22-12-25/h1-7,9-10,12H,8,11H2,(H,24,29). The van der Waals surface area contributed by atoms with Gasteiger partial charge in [0.05, 0.1) is 28.5 Å². The smallest absolute Gasteiger partial charge is 0.254 e. The third-order valence-corrected chi connectivity index (χ3v) is 5.00. The molecule has 0 unspecified atom stereocenters. The lowest BCUT2D eigenvalue weighted by atomic mass is 9.89. The monoisotopic (exact) mass is 385 g/mol. The van der Waals surface area contributed by atoms with Crippen LogP contribution in [0.25, 0.3) is 5.52 Å². The summed E-state index contributed by atoms with van der Waals surface area (Å²) in [5.41, 5.74) is 1.35. The molecule has 0 bridgehead atoms. The van der Waals surface area contributed by atoms with Crippen LogP contribution in [0.4, 0.5) is 0 Å². The molecule has 4 aromatic rings. The molecule has 0 saturated heterocycles. The highest BCUT2D eigenvalue weighted by Crippen LogP contribution is 2.32. The van der Waals surface area contributed by atoms with E-state index in [0.29, 0.717) is 18.6 Å². The predicted octanol–water partition coefficient (Wildman–Crippen LogP) is 1.74. The van der Waals surface area contributed by atoms with E-state index in [2.05, 4.69) is 15.3 Å². The normalized spacial score (nSPS) is 12.7. The molecule has 0 atom stereocenters. The molecule has 8 heteroatoms. The molecule has 0 fully saturated rings. The first-order valence-corrected chi connectivity index (χ1v) is 9.08. The molecule has 0 aliphatic heterocycles. The average molecular weight is 385 g/mol. The van der Waals surface area contributed by atoms with Gasteiger partial charge in [-0.25, -0.2) is 4.98 Å². The van der Waals surface area contributed by atoms with E-state index in [-0.39, 0.29) is 39.6 Å². The summed E-state index contributed by atoms with van der Waals surface area (Å²) in [4.78, 5) is 47.4. The van der Waals surface area contributed by atoms with Crippen molar-refractivity contribution < 1.29 is 14.4 Å². The molecule has 142 valence electrons. The van der Waals surface area contributed by atoms with Crippen LogP contribution in [0.15, 0.2) is 61.4 Å². The number of carbonyl (C=O) groups is 3. The van der Waals surface area contributed by atoms with Crippen LogP contribution < -0.4 is 5.32 Å². The Labute approximate surface area is 164 Å². The highest BCUT2D eigenvalue weighted by molar-refractivity contribution is 6.31. The zero-order chi connectivity index (χ0) is 20.0. The largest absolute Gasteiger partial charge is 0.350 e. The van der Waals surface area contributed by atoms with Crippen molar-refractivity contribution in [3.05, 3.63) is 89.5 Å². The molecule has 1 N–H and O–H groups in total. The van der Waals surface area contributed by atoms with Crippen molar-refractivity contribution in [2.45, 2.75) is 6.54 Å². The van der Waals surface area contributed by atoms with Crippen LogP contribution >= 0.6 is 0 Å². The molecule has 1 aliphatic carbocycles. The fourth-order valence-corrected chi connectivity index (χ4v) is 3.70. The second kappa shape index (κ2) is 6.52. The first-order chi connectivity index (χ1) is 14.2. The number of imidazole rings is 1. The van der Waals surface area contributed by atoms with Crippen LogP contribution in [-0.2, 0) is 6.54 Å². The Morgan fingerprint density at radius 3 is 2.76 bits per heavy atom. The number of pyridine rings is 2. The molecule has 4 aromatic heterocycles.